The van der Waals surface area contributed by atoms with Crippen molar-refractivity contribution in [2.45, 2.75) is 18.2 Å². The van der Waals surface area contributed by atoms with Crippen LogP contribution < -0.4 is 5.32 Å². The summed E-state index contributed by atoms with van der Waals surface area (Å²) in [5.74, 6) is -0.315. The summed E-state index contributed by atoms with van der Waals surface area (Å²) in [5.41, 5.74) is 0.950. The fraction of sp³-hybridized carbons (Fsp3) is 0.571. The lowest BCUT2D eigenvalue weighted by molar-refractivity contribution is 0.243. The molecule has 0 radical (unpaired) electrons. The number of nitrogens with one attached hydrogen (secondary N) is 1. The van der Waals surface area contributed by atoms with Crippen molar-refractivity contribution in [2.24, 2.45) is 0 Å². The predicted octanol–water partition coefficient (Wildman–Crippen LogP) is 0.985. The molecule has 1 aliphatic rings. The smallest absolute Gasteiger partial charge is 0.175 e. The first-order valence-electron chi connectivity index (χ1n) is 6.80. The Labute approximate surface area is 119 Å². The topological polar surface area (TPSA) is 49.4 Å². The van der Waals surface area contributed by atoms with Gasteiger partial charge in [0.15, 0.2) is 9.84 Å². The van der Waals surface area contributed by atoms with Gasteiger partial charge in [-0.15, -0.1) is 0 Å². The van der Waals surface area contributed by atoms with Crippen LogP contribution in [0.3, 0.4) is 0 Å². The molecule has 6 heteroatoms. The van der Waals surface area contributed by atoms with E-state index in [-0.39, 0.29) is 10.7 Å². The molecular weight excluding hydrogens is 279 g/mol. The van der Waals surface area contributed by atoms with Crippen molar-refractivity contribution < 1.29 is 12.8 Å². The van der Waals surface area contributed by atoms with Gasteiger partial charge >= 0.3 is 0 Å². The monoisotopic (exact) mass is 300 g/mol. The first-order valence-corrected chi connectivity index (χ1v) is 8.69. The average molecular weight is 300 g/mol. The molecule has 0 saturated carbocycles. The number of sulfone groups is 1. The maximum atomic E-state index is 13.9. The normalized spacial score (nSPS) is 17.4. The van der Waals surface area contributed by atoms with Gasteiger partial charge in [-0.25, -0.2) is 12.8 Å². The van der Waals surface area contributed by atoms with Crippen LogP contribution in [0.1, 0.15) is 11.1 Å². The fourth-order valence-corrected chi connectivity index (χ4v) is 3.50. The molecule has 0 atom stereocenters. The summed E-state index contributed by atoms with van der Waals surface area (Å²) in [7, 11) is -3.31. The second kappa shape index (κ2) is 6.20. The van der Waals surface area contributed by atoms with Gasteiger partial charge in [0.2, 0.25) is 0 Å². The summed E-state index contributed by atoms with van der Waals surface area (Å²) < 4.78 is 37.3. The van der Waals surface area contributed by atoms with E-state index in [1.807, 2.05) is 0 Å². The Morgan fingerprint density at radius 3 is 2.55 bits per heavy atom. The molecule has 112 valence electrons. The first-order chi connectivity index (χ1) is 9.38. The van der Waals surface area contributed by atoms with Gasteiger partial charge in [-0.2, -0.15) is 0 Å². The number of benzene rings is 1. The third kappa shape index (κ3) is 3.77. The summed E-state index contributed by atoms with van der Waals surface area (Å²) >= 11 is 0. The largest absolute Gasteiger partial charge is 0.314 e. The molecule has 4 nitrogen and oxygen atoms in total. The number of hydrogen-bond donors (Lipinski definition) is 1. The maximum Gasteiger partial charge on any atom is 0.175 e. The van der Waals surface area contributed by atoms with E-state index < -0.39 is 9.84 Å². The van der Waals surface area contributed by atoms with Gasteiger partial charge in [0.1, 0.15) is 5.82 Å². The summed E-state index contributed by atoms with van der Waals surface area (Å²) in [6.07, 6.45) is 1.70. The van der Waals surface area contributed by atoms with Gasteiger partial charge in [-0.1, -0.05) is 0 Å². The second-order valence-corrected chi connectivity index (χ2v) is 7.31. The van der Waals surface area contributed by atoms with Gasteiger partial charge in [-0.05, 0) is 36.6 Å². The van der Waals surface area contributed by atoms with Crippen LogP contribution >= 0.6 is 0 Å². The Bertz CT molecular complexity index is 581. The highest BCUT2D eigenvalue weighted by Gasteiger charge is 2.16. The van der Waals surface area contributed by atoms with Crippen LogP contribution in [-0.2, 0) is 16.3 Å². The molecule has 1 heterocycles. The van der Waals surface area contributed by atoms with Crippen molar-refractivity contribution in [2.75, 3.05) is 39.0 Å². The van der Waals surface area contributed by atoms with Crippen molar-refractivity contribution in [3.05, 3.63) is 29.1 Å². The van der Waals surface area contributed by atoms with Crippen molar-refractivity contribution >= 4 is 9.84 Å². The lowest BCUT2D eigenvalue weighted by Gasteiger charge is -2.27. The molecule has 0 unspecified atom stereocenters. The van der Waals surface area contributed by atoms with E-state index in [1.54, 1.807) is 6.92 Å². The van der Waals surface area contributed by atoms with E-state index >= 15 is 0 Å². The summed E-state index contributed by atoms with van der Waals surface area (Å²) in [4.78, 5) is 2.49. The summed E-state index contributed by atoms with van der Waals surface area (Å²) in [5, 5.41) is 3.27. The minimum absolute atomic E-state index is 0.231. The Hall–Kier alpha value is -0.980. The SMILES string of the molecule is Cc1cc(F)c(CCN2CCNCC2)cc1S(C)(=O)=O. The Kier molecular flexibility index (Phi) is 4.78. The van der Waals surface area contributed by atoms with Crippen LogP contribution in [0, 0.1) is 12.7 Å². The number of aryl methyl sites for hydroxylation is 1. The summed E-state index contributed by atoms with van der Waals surface area (Å²) in [6.45, 7) is 6.18. The molecule has 1 aliphatic heterocycles. The zero-order valence-corrected chi connectivity index (χ0v) is 12.8. The van der Waals surface area contributed by atoms with Crippen LogP contribution in [0.5, 0.6) is 0 Å². The lowest BCUT2D eigenvalue weighted by Crippen LogP contribution is -2.44. The number of hydrogen-bond acceptors (Lipinski definition) is 4. The minimum atomic E-state index is -3.31. The third-order valence-corrected chi connectivity index (χ3v) is 4.89. The molecule has 1 aromatic carbocycles. The molecule has 0 aromatic heterocycles. The van der Waals surface area contributed by atoms with E-state index in [0.717, 1.165) is 39.0 Å². The first kappa shape index (κ1) is 15.4. The Balaban J connectivity index is 2.14. The van der Waals surface area contributed by atoms with E-state index in [9.17, 15) is 12.8 Å². The highest BCUT2D eigenvalue weighted by atomic mass is 32.2. The molecule has 20 heavy (non-hydrogen) atoms. The molecule has 2 rings (SSSR count). The van der Waals surface area contributed by atoms with Gasteiger partial charge < -0.3 is 10.2 Å². The Morgan fingerprint density at radius 2 is 1.95 bits per heavy atom. The molecule has 1 saturated heterocycles. The minimum Gasteiger partial charge on any atom is -0.314 e. The highest BCUT2D eigenvalue weighted by Crippen LogP contribution is 2.20. The van der Waals surface area contributed by atoms with E-state index in [0.29, 0.717) is 17.5 Å². The number of rotatable bonds is 4. The molecule has 0 bridgehead atoms. The van der Waals surface area contributed by atoms with E-state index in [4.69, 9.17) is 0 Å². The Morgan fingerprint density at radius 1 is 1.30 bits per heavy atom. The van der Waals surface area contributed by atoms with Gasteiger partial charge in [0, 0.05) is 39.0 Å². The average Bonchev–Trinajstić information content (AvgIpc) is 2.37. The molecule has 1 fully saturated rings. The van der Waals surface area contributed by atoms with Crippen molar-refractivity contribution in [3.63, 3.8) is 0 Å². The standard InChI is InChI=1S/C14H21FN2O2S/c1-11-9-13(15)12(10-14(11)20(2,18)19)3-6-17-7-4-16-5-8-17/h9-10,16H,3-8H2,1-2H3. The van der Waals surface area contributed by atoms with E-state index in [2.05, 4.69) is 10.2 Å². The molecule has 1 N–H and O–H groups in total. The quantitative estimate of drug-likeness (QED) is 0.842. The lowest BCUT2D eigenvalue weighted by atomic mass is 10.1. The van der Waals surface area contributed by atoms with Crippen molar-refractivity contribution in [1.29, 1.82) is 0 Å². The van der Waals surface area contributed by atoms with Crippen molar-refractivity contribution in [1.82, 2.24) is 10.2 Å². The predicted molar refractivity (Wildman–Crippen MR) is 77.3 cm³/mol. The van der Waals surface area contributed by atoms with Crippen LogP contribution in [-0.4, -0.2) is 52.3 Å². The zero-order valence-electron chi connectivity index (χ0n) is 11.9. The molecule has 0 aliphatic carbocycles. The second-order valence-electron chi connectivity index (χ2n) is 5.32. The molecular formula is C14H21FN2O2S. The summed E-state index contributed by atoms with van der Waals surface area (Å²) in [6, 6.07) is 2.81. The van der Waals surface area contributed by atoms with Crippen LogP contribution in [0.2, 0.25) is 0 Å². The third-order valence-electron chi connectivity index (χ3n) is 3.65. The van der Waals surface area contributed by atoms with Crippen molar-refractivity contribution in [3.8, 4) is 0 Å². The van der Waals surface area contributed by atoms with E-state index in [1.165, 1.54) is 12.1 Å². The van der Waals surface area contributed by atoms with Gasteiger partial charge in [0.25, 0.3) is 0 Å². The number of piperazine rings is 1. The molecule has 1 aromatic rings. The number of halogens is 1. The number of nitrogens with zero attached hydrogens (tertiary/aromatic N) is 1. The highest BCUT2D eigenvalue weighted by molar-refractivity contribution is 7.90. The fourth-order valence-electron chi connectivity index (χ4n) is 2.50. The molecule has 0 spiro atoms. The molecule has 0 amide bonds. The zero-order chi connectivity index (χ0) is 14.8. The maximum absolute atomic E-state index is 13.9. The van der Waals surface area contributed by atoms with Gasteiger partial charge in [0.05, 0.1) is 4.90 Å². The van der Waals surface area contributed by atoms with Gasteiger partial charge in [-0.3, -0.25) is 0 Å². The van der Waals surface area contributed by atoms with Crippen LogP contribution in [0.25, 0.3) is 0 Å². The van der Waals surface area contributed by atoms with Crippen LogP contribution in [0.15, 0.2) is 17.0 Å². The van der Waals surface area contributed by atoms with Crippen LogP contribution in [0.4, 0.5) is 4.39 Å².